The molecule has 0 fully saturated rings. The second-order valence-electron chi connectivity index (χ2n) is 4.50. The number of hydrogen-bond acceptors (Lipinski definition) is 4. The summed E-state index contributed by atoms with van der Waals surface area (Å²) in [6, 6.07) is 10.6. The molecule has 0 spiro atoms. The van der Waals surface area contributed by atoms with Gasteiger partial charge in [-0.3, -0.25) is 0 Å². The molecule has 0 radical (unpaired) electrons. The van der Waals surface area contributed by atoms with Gasteiger partial charge in [-0.15, -0.1) is 0 Å². The molecule has 0 bridgehead atoms. The minimum Gasteiger partial charge on any atom is -0.508 e. The average Bonchev–Trinajstić information content (AvgIpc) is 2.38. The summed E-state index contributed by atoms with van der Waals surface area (Å²) in [6.45, 7) is 1.83. The molecule has 0 saturated heterocycles. The van der Waals surface area contributed by atoms with Crippen molar-refractivity contribution < 1.29 is 20.1 Å². The average molecular weight is 273 g/mol. The summed E-state index contributed by atoms with van der Waals surface area (Å²) in [5.74, 6) is -1.01. The van der Waals surface area contributed by atoms with Gasteiger partial charge < -0.3 is 20.6 Å². The van der Waals surface area contributed by atoms with Crippen LogP contribution in [0.1, 0.15) is 28.9 Å². The summed E-state index contributed by atoms with van der Waals surface area (Å²) in [5.41, 5.74) is 1.45. The Balaban J connectivity index is 2.21. The molecular weight excluding hydrogens is 258 g/mol. The molecule has 2 aromatic rings. The summed E-state index contributed by atoms with van der Waals surface area (Å²) in [4.78, 5) is 10.9. The standard InChI is InChI=1S/C15H15NO4/c1-9(13-6-5-12(17)8-14(13)18)16-11-4-2-3-10(7-11)15(19)20/h2-9,16-18H,1H3,(H,19,20). The molecule has 104 valence electrons. The molecule has 0 amide bonds. The van der Waals surface area contributed by atoms with E-state index < -0.39 is 5.97 Å². The van der Waals surface area contributed by atoms with Gasteiger partial charge in [0.1, 0.15) is 11.5 Å². The van der Waals surface area contributed by atoms with Crippen LogP contribution in [-0.2, 0) is 0 Å². The number of carbonyl (C=O) groups is 1. The molecular formula is C15H15NO4. The van der Waals surface area contributed by atoms with E-state index in [1.165, 1.54) is 24.3 Å². The number of phenolic OH excluding ortho intramolecular Hbond substituents is 2. The van der Waals surface area contributed by atoms with Crippen LogP contribution in [0.2, 0.25) is 0 Å². The van der Waals surface area contributed by atoms with Gasteiger partial charge in [-0.25, -0.2) is 4.79 Å². The van der Waals surface area contributed by atoms with Crippen molar-refractivity contribution >= 4 is 11.7 Å². The van der Waals surface area contributed by atoms with Gasteiger partial charge in [0.15, 0.2) is 0 Å². The van der Waals surface area contributed by atoms with Gasteiger partial charge in [-0.1, -0.05) is 6.07 Å². The fraction of sp³-hybridized carbons (Fsp3) is 0.133. The third-order valence-corrected chi connectivity index (χ3v) is 2.97. The lowest BCUT2D eigenvalue weighted by Crippen LogP contribution is -2.07. The number of rotatable bonds is 4. The summed E-state index contributed by atoms with van der Waals surface area (Å²) >= 11 is 0. The first-order valence-corrected chi connectivity index (χ1v) is 6.09. The Hall–Kier alpha value is -2.69. The molecule has 2 rings (SSSR count). The number of hydrogen-bond donors (Lipinski definition) is 4. The summed E-state index contributed by atoms with van der Waals surface area (Å²) in [7, 11) is 0. The molecule has 0 aliphatic rings. The first-order valence-electron chi connectivity index (χ1n) is 6.09. The van der Waals surface area contributed by atoms with Gasteiger partial charge >= 0.3 is 5.97 Å². The van der Waals surface area contributed by atoms with E-state index in [-0.39, 0.29) is 23.1 Å². The number of nitrogens with one attached hydrogen (secondary N) is 1. The predicted molar refractivity (Wildman–Crippen MR) is 75.2 cm³/mol. The zero-order valence-electron chi connectivity index (χ0n) is 10.9. The lowest BCUT2D eigenvalue weighted by Gasteiger charge is -2.17. The van der Waals surface area contributed by atoms with Gasteiger partial charge in [0.05, 0.1) is 11.6 Å². The highest BCUT2D eigenvalue weighted by molar-refractivity contribution is 5.88. The Labute approximate surface area is 116 Å². The summed E-state index contributed by atoms with van der Waals surface area (Å²) < 4.78 is 0. The van der Waals surface area contributed by atoms with Crippen LogP contribution in [0.5, 0.6) is 11.5 Å². The van der Waals surface area contributed by atoms with Crippen LogP contribution in [-0.4, -0.2) is 21.3 Å². The normalized spacial score (nSPS) is 11.8. The monoisotopic (exact) mass is 273 g/mol. The maximum Gasteiger partial charge on any atom is 0.335 e. The van der Waals surface area contributed by atoms with Crippen molar-refractivity contribution in [3.05, 3.63) is 53.6 Å². The van der Waals surface area contributed by atoms with E-state index in [0.29, 0.717) is 11.3 Å². The van der Waals surface area contributed by atoms with Crippen molar-refractivity contribution in [1.82, 2.24) is 0 Å². The zero-order valence-corrected chi connectivity index (χ0v) is 10.9. The first kappa shape index (κ1) is 13.7. The van der Waals surface area contributed by atoms with Gasteiger partial charge in [0, 0.05) is 17.3 Å². The van der Waals surface area contributed by atoms with Crippen LogP contribution in [0.3, 0.4) is 0 Å². The number of carboxylic acids is 1. The quantitative estimate of drug-likeness (QED) is 0.687. The van der Waals surface area contributed by atoms with E-state index in [4.69, 9.17) is 5.11 Å². The Bertz CT molecular complexity index is 640. The number of benzene rings is 2. The lowest BCUT2D eigenvalue weighted by atomic mass is 10.1. The van der Waals surface area contributed by atoms with Crippen LogP contribution in [0, 0.1) is 0 Å². The van der Waals surface area contributed by atoms with Gasteiger partial charge in [0.2, 0.25) is 0 Å². The van der Waals surface area contributed by atoms with Gasteiger partial charge in [0.25, 0.3) is 0 Å². The number of carboxylic acid groups (broad SMARTS) is 1. The van der Waals surface area contributed by atoms with Crippen LogP contribution >= 0.6 is 0 Å². The third-order valence-electron chi connectivity index (χ3n) is 2.97. The van der Waals surface area contributed by atoms with E-state index >= 15 is 0 Å². The van der Waals surface area contributed by atoms with Crippen molar-refractivity contribution in [2.75, 3.05) is 5.32 Å². The minimum absolute atomic E-state index is 0.00803. The highest BCUT2D eigenvalue weighted by Crippen LogP contribution is 2.30. The van der Waals surface area contributed by atoms with E-state index in [0.717, 1.165) is 0 Å². The maximum absolute atomic E-state index is 10.9. The third kappa shape index (κ3) is 3.00. The highest BCUT2D eigenvalue weighted by atomic mass is 16.4. The summed E-state index contributed by atoms with van der Waals surface area (Å²) in [6.07, 6.45) is 0. The maximum atomic E-state index is 10.9. The minimum atomic E-state index is -0.992. The predicted octanol–water partition coefficient (Wildman–Crippen LogP) is 2.97. The van der Waals surface area contributed by atoms with Crippen LogP contribution in [0.25, 0.3) is 0 Å². The molecule has 0 aromatic heterocycles. The molecule has 5 nitrogen and oxygen atoms in total. The van der Waals surface area contributed by atoms with Gasteiger partial charge in [-0.05, 0) is 37.3 Å². The van der Waals surface area contributed by atoms with E-state index in [1.54, 1.807) is 18.2 Å². The SMILES string of the molecule is CC(Nc1cccc(C(=O)O)c1)c1ccc(O)cc1O. The van der Waals surface area contributed by atoms with Crippen molar-refractivity contribution in [3.8, 4) is 11.5 Å². The topological polar surface area (TPSA) is 89.8 Å². The molecule has 0 heterocycles. The Morgan fingerprint density at radius 3 is 2.55 bits per heavy atom. The zero-order chi connectivity index (χ0) is 14.7. The second-order valence-corrected chi connectivity index (χ2v) is 4.50. The van der Waals surface area contributed by atoms with E-state index in [2.05, 4.69) is 5.32 Å². The Kier molecular flexibility index (Phi) is 3.79. The fourth-order valence-electron chi connectivity index (χ4n) is 1.97. The number of aromatic hydroxyl groups is 2. The second kappa shape index (κ2) is 5.52. The molecule has 0 saturated carbocycles. The van der Waals surface area contributed by atoms with Crippen LogP contribution in [0.15, 0.2) is 42.5 Å². The van der Waals surface area contributed by atoms with Crippen molar-refractivity contribution in [1.29, 1.82) is 0 Å². The Morgan fingerprint density at radius 2 is 1.90 bits per heavy atom. The highest BCUT2D eigenvalue weighted by Gasteiger charge is 2.11. The van der Waals surface area contributed by atoms with Crippen molar-refractivity contribution in [2.45, 2.75) is 13.0 Å². The largest absolute Gasteiger partial charge is 0.508 e. The molecule has 0 aliphatic heterocycles. The molecule has 2 aromatic carbocycles. The van der Waals surface area contributed by atoms with Crippen molar-refractivity contribution in [2.24, 2.45) is 0 Å². The molecule has 20 heavy (non-hydrogen) atoms. The first-order chi connectivity index (χ1) is 9.47. The van der Waals surface area contributed by atoms with Gasteiger partial charge in [-0.2, -0.15) is 0 Å². The van der Waals surface area contributed by atoms with E-state index in [1.807, 2.05) is 6.92 Å². The van der Waals surface area contributed by atoms with Crippen molar-refractivity contribution in [3.63, 3.8) is 0 Å². The van der Waals surface area contributed by atoms with E-state index in [9.17, 15) is 15.0 Å². The molecule has 0 aliphatic carbocycles. The number of anilines is 1. The summed E-state index contributed by atoms with van der Waals surface area (Å²) in [5, 5.41) is 31.1. The lowest BCUT2D eigenvalue weighted by molar-refractivity contribution is 0.0697. The molecule has 1 unspecified atom stereocenters. The molecule has 5 heteroatoms. The Morgan fingerprint density at radius 1 is 1.15 bits per heavy atom. The number of phenols is 2. The number of aromatic carboxylic acids is 1. The fourth-order valence-corrected chi connectivity index (χ4v) is 1.97. The van der Waals surface area contributed by atoms with Crippen LogP contribution < -0.4 is 5.32 Å². The van der Waals surface area contributed by atoms with Crippen LogP contribution in [0.4, 0.5) is 5.69 Å². The smallest absolute Gasteiger partial charge is 0.335 e. The molecule has 1 atom stereocenters. The molecule has 4 N–H and O–H groups in total.